The van der Waals surface area contributed by atoms with Crippen LogP contribution < -0.4 is 10.3 Å². The van der Waals surface area contributed by atoms with Crippen LogP contribution in [0.5, 0.6) is 5.75 Å². The maximum atomic E-state index is 13.0. The molecule has 7 heteroatoms. The fourth-order valence-corrected chi connectivity index (χ4v) is 2.36. The Labute approximate surface area is 129 Å². The molecule has 4 nitrogen and oxygen atoms in total. The number of alkyl halides is 3. The SMILES string of the molecule is CC1(C)N=C(n2ccccc2=O)c2cc(C(F)(F)F)ccc2O1. The third kappa shape index (κ3) is 2.86. The number of aliphatic imine (C=N–C) groups is 1. The summed E-state index contributed by atoms with van der Waals surface area (Å²) in [7, 11) is 0. The van der Waals surface area contributed by atoms with E-state index in [2.05, 4.69) is 4.99 Å². The number of benzene rings is 1. The zero-order valence-corrected chi connectivity index (χ0v) is 12.4. The summed E-state index contributed by atoms with van der Waals surface area (Å²) in [6, 6.07) is 7.63. The van der Waals surface area contributed by atoms with Gasteiger partial charge in [-0.05, 0) is 38.1 Å². The highest BCUT2D eigenvalue weighted by atomic mass is 19.4. The van der Waals surface area contributed by atoms with Crippen molar-refractivity contribution in [1.29, 1.82) is 0 Å². The van der Waals surface area contributed by atoms with Crippen molar-refractivity contribution in [3.8, 4) is 5.75 Å². The number of hydrogen-bond donors (Lipinski definition) is 0. The quantitative estimate of drug-likeness (QED) is 0.747. The highest BCUT2D eigenvalue weighted by Gasteiger charge is 2.35. The van der Waals surface area contributed by atoms with Crippen LogP contribution in [0.15, 0.2) is 52.4 Å². The summed E-state index contributed by atoms with van der Waals surface area (Å²) in [5.74, 6) is 0.386. The zero-order chi connectivity index (χ0) is 16.8. The first-order valence-corrected chi connectivity index (χ1v) is 6.86. The first-order valence-electron chi connectivity index (χ1n) is 6.86. The predicted molar refractivity (Wildman–Crippen MR) is 78.8 cm³/mol. The number of pyridine rings is 1. The van der Waals surface area contributed by atoms with Gasteiger partial charge in [0.25, 0.3) is 5.56 Å². The van der Waals surface area contributed by atoms with Gasteiger partial charge in [0.15, 0.2) is 5.72 Å². The van der Waals surface area contributed by atoms with Gasteiger partial charge in [-0.3, -0.25) is 9.36 Å². The van der Waals surface area contributed by atoms with Crippen LogP contribution >= 0.6 is 0 Å². The molecule has 1 aliphatic rings. The van der Waals surface area contributed by atoms with Crippen molar-refractivity contribution in [3.05, 3.63) is 64.1 Å². The Kier molecular flexibility index (Phi) is 3.31. The maximum absolute atomic E-state index is 13.0. The fourth-order valence-electron chi connectivity index (χ4n) is 2.36. The summed E-state index contributed by atoms with van der Waals surface area (Å²) in [6.45, 7) is 3.34. The van der Waals surface area contributed by atoms with E-state index in [4.69, 9.17) is 4.74 Å². The predicted octanol–water partition coefficient (Wildman–Crippen LogP) is 3.29. The molecule has 1 aromatic heterocycles. The van der Waals surface area contributed by atoms with Gasteiger partial charge in [0.1, 0.15) is 11.6 Å². The Morgan fingerprint density at radius 2 is 1.91 bits per heavy atom. The van der Waals surface area contributed by atoms with Crippen molar-refractivity contribution in [1.82, 2.24) is 4.57 Å². The van der Waals surface area contributed by atoms with E-state index in [9.17, 15) is 18.0 Å². The van der Waals surface area contributed by atoms with Crippen molar-refractivity contribution in [2.45, 2.75) is 25.7 Å². The highest BCUT2D eigenvalue weighted by Crippen LogP contribution is 2.36. The van der Waals surface area contributed by atoms with Crippen LogP contribution in [-0.2, 0) is 6.18 Å². The number of ether oxygens (including phenoxy) is 1. The topological polar surface area (TPSA) is 43.6 Å². The van der Waals surface area contributed by atoms with E-state index in [-0.39, 0.29) is 22.7 Å². The molecule has 0 saturated carbocycles. The maximum Gasteiger partial charge on any atom is 0.416 e. The number of aromatic nitrogens is 1. The molecule has 1 aliphatic heterocycles. The Morgan fingerprint density at radius 1 is 1.17 bits per heavy atom. The van der Waals surface area contributed by atoms with Gasteiger partial charge in [-0.2, -0.15) is 13.2 Å². The lowest BCUT2D eigenvalue weighted by Gasteiger charge is -2.30. The van der Waals surface area contributed by atoms with Crippen molar-refractivity contribution in [2.24, 2.45) is 4.99 Å². The van der Waals surface area contributed by atoms with Crippen LogP contribution in [0.2, 0.25) is 0 Å². The molecule has 3 rings (SSSR count). The highest BCUT2D eigenvalue weighted by molar-refractivity contribution is 6.03. The van der Waals surface area contributed by atoms with Gasteiger partial charge in [-0.25, -0.2) is 4.99 Å². The molecule has 120 valence electrons. The van der Waals surface area contributed by atoms with Crippen LogP contribution in [0, 0.1) is 0 Å². The van der Waals surface area contributed by atoms with Gasteiger partial charge in [0.2, 0.25) is 0 Å². The number of hydrogen-bond acceptors (Lipinski definition) is 3. The summed E-state index contributed by atoms with van der Waals surface area (Å²) < 4.78 is 45.7. The smallest absolute Gasteiger partial charge is 0.416 e. The van der Waals surface area contributed by atoms with Gasteiger partial charge in [-0.15, -0.1) is 0 Å². The Balaban J connectivity index is 2.26. The van der Waals surface area contributed by atoms with E-state index in [0.717, 1.165) is 12.1 Å². The molecule has 0 atom stereocenters. The summed E-state index contributed by atoms with van der Waals surface area (Å²) in [5.41, 5.74) is -2.06. The van der Waals surface area contributed by atoms with Crippen LogP contribution in [0.1, 0.15) is 25.0 Å². The molecule has 1 aromatic carbocycles. The molecule has 0 saturated heterocycles. The summed E-state index contributed by atoms with van der Waals surface area (Å²) in [5, 5.41) is 0. The minimum absolute atomic E-state index is 0.132. The average molecular weight is 322 g/mol. The monoisotopic (exact) mass is 322 g/mol. The first-order chi connectivity index (χ1) is 10.7. The largest absolute Gasteiger partial charge is 0.466 e. The molecule has 0 amide bonds. The molecule has 2 heterocycles. The molecule has 2 aromatic rings. The minimum atomic E-state index is -4.49. The van der Waals surface area contributed by atoms with Crippen molar-refractivity contribution >= 4 is 5.84 Å². The third-order valence-electron chi connectivity index (χ3n) is 3.33. The molecule has 23 heavy (non-hydrogen) atoms. The number of nitrogens with zero attached hydrogens (tertiary/aromatic N) is 2. The van der Waals surface area contributed by atoms with E-state index in [0.29, 0.717) is 0 Å². The van der Waals surface area contributed by atoms with E-state index in [1.54, 1.807) is 26.0 Å². The molecule has 0 aliphatic carbocycles. The molecule has 0 spiro atoms. The third-order valence-corrected chi connectivity index (χ3v) is 3.33. The van der Waals surface area contributed by atoms with E-state index < -0.39 is 17.5 Å². The lowest BCUT2D eigenvalue weighted by atomic mass is 10.1. The fraction of sp³-hybridized carbons (Fsp3) is 0.250. The van der Waals surface area contributed by atoms with Gasteiger partial charge in [-0.1, -0.05) is 6.07 Å². The Morgan fingerprint density at radius 3 is 2.57 bits per heavy atom. The molecule has 0 bridgehead atoms. The van der Waals surface area contributed by atoms with E-state index in [1.165, 1.54) is 22.9 Å². The standard InChI is InChI=1S/C16H13F3N2O2/c1-15(2)20-14(21-8-4-3-5-13(21)22)11-9-10(16(17,18)19)6-7-12(11)23-15/h3-9H,1-2H3. The van der Waals surface area contributed by atoms with Gasteiger partial charge in [0.05, 0.1) is 11.1 Å². The Hall–Kier alpha value is -2.57. The number of fused-ring (bicyclic) bond motifs is 1. The Bertz CT molecular complexity index is 851. The minimum Gasteiger partial charge on any atom is -0.466 e. The molecule has 0 N–H and O–H groups in total. The second-order valence-electron chi connectivity index (χ2n) is 5.60. The van der Waals surface area contributed by atoms with E-state index >= 15 is 0 Å². The van der Waals surface area contributed by atoms with Crippen LogP contribution in [-0.4, -0.2) is 16.1 Å². The normalized spacial score (nSPS) is 16.3. The van der Waals surface area contributed by atoms with Crippen molar-refractivity contribution in [2.75, 3.05) is 0 Å². The van der Waals surface area contributed by atoms with Crippen LogP contribution in [0.4, 0.5) is 13.2 Å². The van der Waals surface area contributed by atoms with Crippen LogP contribution in [0.25, 0.3) is 0 Å². The van der Waals surface area contributed by atoms with E-state index in [1.807, 2.05) is 0 Å². The lowest BCUT2D eigenvalue weighted by Crippen LogP contribution is -2.37. The molecular weight excluding hydrogens is 309 g/mol. The summed E-state index contributed by atoms with van der Waals surface area (Å²) in [4.78, 5) is 16.3. The average Bonchev–Trinajstić information content (AvgIpc) is 2.44. The number of halogens is 3. The second-order valence-corrected chi connectivity index (χ2v) is 5.60. The van der Waals surface area contributed by atoms with Gasteiger partial charge in [0, 0.05) is 12.3 Å². The van der Waals surface area contributed by atoms with Crippen molar-refractivity contribution < 1.29 is 17.9 Å². The second kappa shape index (κ2) is 4.97. The zero-order valence-electron chi connectivity index (χ0n) is 12.4. The summed E-state index contributed by atoms with van der Waals surface area (Å²) >= 11 is 0. The van der Waals surface area contributed by atoms with Crippen LogP contribution in [0.3, 0.4) is 0 Å². The van der Waals surface area contributed by atoms with Gasteiger partial charge >= 0.3 is 6.18 Å². The first kappa shape index (κ1) is 15.3. The molecule has 0 radical (unpaired) electrons. The van der Waals surface area contributed by atoms with Crippen molar-refractivity contribution in [3.63, 3.8) is 0 Å². The molecular formula is C16H13F3N2O2. The van der Waals surface area contributed by atoms with Gasteiger partial charge < -0.3 is 4.74 Å². The molecule has 0 fully saturated rings. The molecule has 0 unspecified atom stereocenters. The summed E-state index contributed by atoms with van der Waals surface area (Å²) in [6.07, 6.45) is -3.03. The lowest BCUT2D eigenvalue weighted by molar-refractivity contribution is -0.137. The number of rotatable bonds is 0.